The molecule has 1 heterocycles. The summed E-state index contributed by atoms with van der Waals surface area (Å²) in [4.78, 5) is 15.4. The van der Waals surface area contributed by atoms with Crippen molar-refractivity contribution in [2.75, 3.05) is 0 Å². The van der Waals surface area contributed by atoms with Crippen molar-refractivity contribution in [2.24, 2.45) is 0 Å². The number of carbonyl (C=O) groups excluding carboxylic acids is 1. The molecule has 15 heavy (non-hydrogen) atoms. The van der Waals surface area contributed by atoms with Crippen LogP contribution in [0.5, 0.6) is 0 Å². The Balaban J connectivity index is 2.42. The van der Waals surface area contributed by atoms with Crippen LogP contribution in [0.1, 0.15) is 44.7 Å². The minimum atomic E-state index is 0.0670. The van der Waals surface area contributed by atoms with E-state index in [9.17, 15) is 4.79 Å². The predicted octanol–water partition coefficient (Wildman–Crippen LogP) is 2.45. The van der Waals surface area contributed by atoms with Crippen molar-refractivity contribution in [1.82, 2.24) is 10.3 Å². The number of hydrogen-bond acceptors (Lipinski definition) is 2. The smallest absolute Gasteiger partial charge is 0.220 e. The normalized spacial score (nSPS) is 12.1. The van der Waals surface area contributed by atoms with Crippen molar-refractivity contribution in [2.45, 2.75) is 39.2 Å². The SMILES string of the molecule is CCCCC(=O)NC(C)c1ccncc1. The van der Waals surface area contributed by atoms with Crippen LogP contribution in [0, 0.1) is 0 Å². The van der Waals surface area contributed by atoms with Crippen LogP contribution in [0.4, 0.5) is 0 Å². The monoisotopic (exact) mass is 206 g/mol. The summed E-state index contributed by atoms with van der Waals surface area (Å²) in [6.07, 6.45) is 6.10. The van der Waals surface area contributed by atoms with Crippen LogP contribution < -0.4 is 5.32 Å². The van der Waals surface area contributed by atoms with Crippen molar-refractivity contribution >= 4 is 5.91 Å². The van der Waals surface area contributed by atoms with Crippen molar-refractivity contribution in [3.8, 4) is 0 Å². The van der Waals surface area contributed by atoms with Gasteiger partial charge in [0.15, 0.2) is 0 Å². The molecule has 1 aromatic rings. The van der Waals surface area contributed by atoms with Gasteiger partial charge in [-0.2, -0.15) is 0 Å². The first-order valence-electron chi connectivity index (χ1n) is 5.43. The highest BCUT2D eigenvalue weighted by atomic mass is 16.1. The number of rotatable bonds is 5. The van der Waals surface area contributed by atoms with Gasteiger partial charge in [-0.15, -0.1) is 0 Å². The fourth-order valence-corrected chi connectivity index (χ4v) is 1.39. The lowest BCUT2D eigenvalue weighted by Gasteiger charge is -2.13. The second-order valence-electron chi connectivity index (χ2n) is 3.67. The van der Waals surface area contributed by atoms with E-state index < -0.39 is 0 Å². The Kier molecular flexibility index (Phi) is 4.81. The first-order chi connectivity index (χ1) is 7.24. The van der Waals surface area contributed by atoms with Crippen LogP contribution in [0.2, 0.25) is 0 Å². The molecule has 3 heteroatoms. The Labute approximate surface area is 90.9 Å². The molecule has 0 fully saturated rings. The van der Waals surface area contributed by atoms with E-state index in [1.165, 1.54) is 0 Å². The van der Waals surface area contributed by atoms with Crippen LogP contribution in [0.3, 0.4) is 0 Å². The summed E-state index contributed by atoms with van der Waals surface area (Å²) in [7, 11) is 0. The van der Waals surface area contributed by atoms with Crippen molar-refractivity contribution in [3.05, 3.63) is 30.1 Å². The first-order valence-corrected chi connectivity index (χ1v) is 5.43. The first kappa shape index (κ1) is 11.7. The van der Waals surface area contributed by atoms with Gasteiger partial charge in [0.2, 0.25) is 5.91 Å². The van der Waals surface area contributed by atoms with E-state index in [-0.39, 0.29) is 11.9 Å². The van der Waals surface area contributed by atoms with Gasteiger partial charge in [-0.25, -0.2) is 0 Å². The summed E-state index contributed by atoms with van der Waals surface area (Å²) < 4.78 is 0. The Hall–Kier alpha value is -1.38. The van der Waals surface area contributed by atoms with Crippen molar-refractivity contribution in [1.29, 1.82) is 0 Å². The molecule has 1 atom stereocenters. The summed E-state index contributed by atoms with van der Waals surface area (Å²) in [5.41, 5.74) is 1.09. The van der Waals surface area contributed by atoms with Gasteiger partial charge in [0.1, 0.15) is 0 Å². The van der Waals surface area contributed by atoms with Crippen LogP contribution >= 0.6 is 0 Å². The predicted molar refractivity (Wildman–Crippen MR) is 60.3 cm³/mol. The molecule has 82 valence electrons. The zero-order chi connectivity index (χ0) is 11.1. The average Bonchev–Trinajstić information content (AvgIpc) is 2.27. The fraction of sp³-hybridized carbons (Fsp3) is 0.500. The molecular weight excluding hydrogens is 188 g/mol. The van der Waals surface area contributed by atoms with Gasteiger partial charge in [-0.1, -0.05) is 13.3 Å². The molecule has 0 aliphatic heterocycles. The molecular formula is C12H18N2O. The third-order valence-electron chi connectivity index (χ3n) is 2.34. The number of hydrogen-bond donors (Lipinski definition) is 1. The molecule has 3 nitrogen and oxygen atoms in total. The topological polar surface area (TPSA) is 42.0 Å². The number of nitrogens with zero attached hydrogens (tertiary/aromatic N) is 1. The molecule has 1 N–H and O–H groups in total. The Morgan fingerprint density at radius 1 is 1.47 bits per heavy atom. The van der Waals surface area contributed by atoms with Gasteiger partial charge in [0.05, 0.1) is 6.04 Å². The van der Waals surface area contributed by atoms with Crippen LogP contribution in [0.25, 0.3) is 0 Å². The van der Waals surface area contributed by atoms with Crippen LogP contribution in [-0.4, -0.2) is 10.9 Å². The molecule has 0 bridgehead atoms. The van der Waals surface area contributed by atoms with E-state index in [4.69, 9.17) is 0 Å². The molecule has 1 rings (SSSR count). The molecule has 0 saturated carbocycles. The van der Waals surface area contributed by atoms with Gasteiger partial charge in [0, 0.05) is 18.8 Å². The lowest BCUT2D eigenvalue weighted by Crippen LogP contribution is -2.26. The highest BCUT2D eigenvalue weighted by Gasteiger charge is 2.07. The second kappa shape index (κ2) is 6.17. The average molecular weight is 206 g/mol. The molecule has 0 aliphatic carbocycles. The van der Waals surface area contributed by atoms with E-state index >= 15 is 0 Å². The van der Waals surface area contributed by atoms with Gasteiger partial charge < -0.3 is 5.32 Å². The van der Waals surface area contributed by atoms with Gasteiger partial charge in [-0.3, -0.25) is 9.78 Å². The lowest BCUT2D eigenvalue weighted by atomic mass is 10.1. The second-order valence-corrected chi connectivity index (χ2v) is 3.67. The minimum Gasteiger partial charge on any atom is -0.350 e. The highest BCUT2D eigenvalue weighted by Crippen LogP contribution is 2.10. The standard InChI is InChI=1S/C12H18N2O/c1-3-4-5-12(15)14-10(2)11-6-8-13-9-7-11/h6-10H,3-5H2,1-2H3,(H,14,15). The van der Waals surface area contributed by atoms with Gasteiger partial charge in [-0.05, 0) is 31.0 Å². The Morgan fingerprint density at radius 3 is 2.73 bits per heavy atom. The number of aromatic nitrogens is 1. The minimum absolute atomic E-state index is 0.0670. The molecule has 0 aliphatic rings. The number of amides is 1. The van der Waals surface area contributed by atoms with E-state index in [1.807, 2.05) is 19.1 Å². The summed E-state index contributed by atoms with van der Waals surface area (Å²) >= 11 is 0. The molecule has 0 saturated heterocycles. The third-order valence-corrected chi connectivity index (χ3v) is 2.34. The number of unbranched alkanes of at least 4 members (excludes halogenated alkanes) is 1. The maximum atomic E-state index is 11.5. The van der Waals surface area contributed by atoms with Crippen LogP contribution in [0.15, 0.2) is 24.5 Å². The molecule has 0 aromatic carbocycles. The zero-order valence-corrected chi connectivity index (χ0v) is 9.36. The van der Waals surface area contributed by atoms with E-state index in [1.54, 1.807) is 12.4 Å². The Bertz CT molecular complexity index is 298. The van der Waals surface area contributed by atoms with E-state index in [0.29, 0.717) is 6.42 Å². The maximum absolute atomic E-state index is 11.5. The molecule has 1 amide bonds. The van der Waals surface area contributed by atoms with E-state index in [0.717, 1.165) is 18.4 Å². The lowest BCUT2D eigenvalue weighted by molar-refractivity contribution is -0.121. The summed E-state index contributed by atoms with van der Waals surface area (Å²) in [5, 5.41) is 2.96. The fourth-order valence-electron chi connectivity index (χ4n) is 1.39. The number of pyridine rings is 1. The molecule has 0 spiro atoms. The molecule has 1 unspecified atom stereocenters. The highest BCUT2D eigenvalue weighted by molar-refractivity contribution is 5.76. The zero-order valence-electron chi connectivity index (χ0n) is 9.36. The number of nitrogens with one attached hydrogen (secondary N) is 1. The van der Waals surface area contributed by atoms with E-state index in [2.05, 4.69) is 17.2 Å². The molecule has 0 radical (unpaired) electrons. The largest absolute Gasteiger partial charge is 0.350 e. The van der Waals surface area contributed by atoms with Gasteiger partial charge >= 0.3 is 0 Å². The maximum Gasteiger partial charge on any atom is 0.220 e. The Morgan fingerprint density at radius 2 is 2.13 bits per heavy atom. The summed E-state index contributed by atoms with van der Waals surface area (Å²) in [5.74, 6) is 0.126. The van der Waals surface area contributed by atoms with Crippen molar-refractivity contribution in [3.63, 3.8) is 0 Å². The third kappa shape index (κ3) is 4.11. The summed E-state index contributed by atoms with van der Waals surface area (Å²) in [6, 6.07) is 3.91. The van der Waals surface area contributed by atoms with Crippen LogP contribution in [-0.2, 0) is 4.79 Å². The number of carbonyl (C=O) groups is 1. The molecule has 1 aromatic heterocycles. The van der Waals surface area contributed by atoms with Gasteiger partial charge in [0.25, 0.3) is 0 Å². The quantitative estimate of drug-likeness (QED) is 0.804. The van der Waals surface area contributed by atoms with Crippen molar-refractivity contribution < 1.29 is 4.79 Å². The summed E-state index contributed by atoms with van der Waals surface area (Å²) in [6.45, 7) is 4.07.